The molecule has 0 spiro atoms. The van der Waals surface area contributed by atoms with E-state index in [4.69, 9.17) is 9.47 Å². The Kier molecular flexibility index (Phi) is 4.93. The van der Waals surface area contributed by atoms with Crippen LogP contribution in [-0.4, -0.2) is 25.1 Å². The lowest BCUT2D eigenvalue weighted by molar-refractivity contribution is -0.120. The van der Waals surface area contributed by atoms with Gasteiger partial charge in [-0.25, -0.2) is 0 Å². The van der Waals surface area contributed by atoms with Gasteiger partial charge in [0.2, 0.25) is 5.91 Å². The van der Waals surface area contributed by atoms with Crippen LogP contribution in [0.3, 0.4) is 0 Å². The maximum atomic E-state index is 12.3. The third-order valence-electron chi connectivity index (χ3n) is 4.34. The van der Waals surface area contributed by atoms with Crippen molar-refractivity contribution in [1.82, 2.24) is 10.3 Å². The summed E-state index contributed by atoms with van der Waals surface area (Å²) in [6, 6.07) is 11.8. The van der Waals surface area contributed by atoms with Gasteiger partial charge in [-0.2, -0.15) is 0 Å². The van der Waals surface area contributed by atoms with Crippen LogP contribution in [0.15, 0.2) is 42.6 Å². The molecule has 0 fully saturated rings. The van der Waals surface area contributed by atoms with Gasteiger partial charge in [0.15, 0.2) is 11.5 Å². The number of aromatic amines is 1. The number of H-pyrrole nitrogens is 1. The number of rotatable bonds is 6. The van der Waals surface area contributed by atoms with Gasteiger partial charge in [-0.1, -0.05) is 18.2 Å². The third kappa shape index (κ3) is 3.60. The molecule has 0 bridgehead atoms. The Morgan fingerprint density at radius 1 is 1.08 bits per heavy atom. The quantitative estimate of drug-likeness (QED) is 0.724. The summed E-state index contributed by atoms with van der Waals surface area (Å²) < 4.78 is 10.6. The zero-order chi connectivity index (χ0) is 17.8. The van der Waals surface area contributed by atoms with Crippen molar-refractivity contribution in [3.05, 3.63) is 59.3 Å². The Balaban J connectivity index is 1.68. The highest BCUT2D eigenvalue weighted by atomic mass is 16.5. The lowest BCUT2D eigenvalue weighted by atomic mass is 10.1. The van der Waals surface area contributed by atoms with E-state index in [-0.39, 0.29) is 5.91 Å². The number of fused-ring (bicyclic) bond motifs is 1. The van der Waals surface area contributed by atoms with Crippen molar-refractivity contribution in [2.45, 2.75) is 19.9 Å². The molecule has 0 aliphatic carbocycles. The highest BCUT2D eigenvalue weighted by Gasteiger charge is 2.11. The molecular weight excluding hydrogens is 316 g/mol. The summed E-state index contributed by atoms with van der Waals surface area (Å²) in [6.45, 7) is 2.44. The number of amides is 1. The summed E-state index contributed by atoms with van der Waals surface area (Å²) >= 11 is 0. The predicted octanol–water partition coefficient (Wildman–Crippen LogP) is 3.35. The van der Waals surface area contributed by atoms with Gasteiger partial charge in [0.05, 0.1) is 20.6 Å². The smallest absolute Gasteiger partial charge is 0.224 e. The van der Waals surface area contributed by atoms with Gasteiger partial charge >= 0.3 is 0 Å². The molecule has 1 heterocycles. The molecule has 5 nitrogen and oxygen atoms in total. The van der Waals surface area contributed by atoms with E-state index in [1.54, 1.807) is 14.2 Å². The van der Waals surface area contributed by atoms with Crippen molar-refractivity contribution in [1.29, 1.82) is 0 Å². The first kappa shape index (κ1) is 16.9. The highest BCUT2D eigenvalue weighted by Crippen LogP contribution is 2.30. The van der Waals surface area contributed by atoms with Crippen molar-refractivity contribution in [3.8, 4) is 11.5 Å². The molecule has 2 aromatic carbocycles. The number of hydrogen-bond donors (Lipinski definition) is 2. The normalized spacial score (nSPS) is 10.7. The Bertz CT molecular complexity index is 899. The number of aromatic nitrogens is 1. The maximum absolute atomic E-state index is 12.3. The molecule has 0 saturated carbocycles. The number of carbonyl (C=O) groups excluding carboxylic acids is 1. The minimum Gasteiger partial charge on any atom is -0.493 e. The van der Waals surface area contributed by atoms with E-state index >= 15 is 0 Å². The maximum Gasteiger partial charge on any atom is 0.224 e. The summed E-state index contributed by atoms with van der Waals surface area (Å²) in [5, 5.41) is 4.07. The van der Waals surface area contributed by atoms with Crippen LogP contribution in [-0.2, 0) is 17.8 Å². The zero-order valence-corrected chi connectivity index (χ0v) is 14.7. The van der Waals surface area contributed by atoms with Crippen molar-refractivity contribution < 1.29 is 14.3 Å². The summed E-state index contributed by atoms with van der Waals surface area (Å²) in [7, 11) is 3.21. The van der Waals surface area contributed by atoms with E-state index in [9.17, 15) is 4.79 Å². The molecule has 0 unspecified atom stereocenters. The Morgan fingerprint density at radius 2 is 1.80 bits per heavy atom. The van der Waals surface area contributed by atoms with Crippen LogP contribution in [0.1, 0.15) is 16.7 Å². The monoisotopic (exact) mass is 338 g/mol. The minimum atomic E-state index is -0.0149. The fraction of sp³-hybridized carbons (Fsp3) is 0.250. The number of para-hydroxylation sites is 1. The lowest BCUT2D eigenvalue weighted by Gasteiger charge is -2.13. The van der Waals surface area contributed by atoms with Gasteiger partial charge in [-0.15, -0.1) is 0 Å². The molecule has 130 valence electrons. The Labute approximate surface area is 147 Å². The van der Waals surface area contributed by atoms with E-state index in [0.717, 1.165) is 27.6 Å². The standard InChI is InChI=1S/C20H22N2O3/c1-13-8-18(24-2)19(25-3)9-14(13)11-22-20(23)10-15-12-21-17-7-5-4-6-16(15)17/h4-9,12,21H,10-11H2,1-3H3,(H,22,23). The molecule has 5 heteroatoms. The first-order chi connectivity index (χ1) is 12.1. The molecule has 3 rings (SSSR count). The number of methoxy groups -OCH3 is 2. The average molecular weight is 338 g/mol. The second-order valence-electron chi connectivity index (χ2n) is 5.95. The van der Waals surface area contributed by atoms with Crippen LogP contribution in [0.2, 0.25) is 0 Å². The van der Waals surface area contributed by atoms with E-state index < -0.39 is 0 Å². The van der Waals surface area contributed by atoms with Gasteiger partial charge in [-0.3, -0.25) is 4.79 Å². The van der Waals surface area contributed by atoms with Gasteiger partial charge in [0, 0.05) is 23.6 Å². The predicted molar refractivity (Wildman–Crippen MR) is 98.1 cm³/mol. The first-order valence-corrected chi connectivity index (χ1v) is 8.15. The average Bonchev–Trinajstić information content (AvgIpc) is 3.03. The topological polar surface area (TPSA) is 63.3 Å². The van der Waals surface area contributed by atoms with Gasteiger partial charge in [0.25, 0.3) is 0 Å². The van der Waals surface area contributed by atoms with Gasteiger partial charge in [-0.05, 0) is 41.8 Å². The second kappa shape index (κ2) is 7.30. The number of hydrogen-bond acceptors (Lipinski definition) is 3. The molecule has 0 saturated heterocycles. The molecule has 1 amide bonds. The first-order valence-electron chi connectivity index (χ1n) is 8.15. The lowest BCUT2D eigenvalue weighted by Crippen LogP contribution is -2.24. The number of carbonyl (C=O) groups is 1. The second-order valence-corrected chi connectivity index (χ2v) is 5.95. The van der Waals surface area contributed by atoms with E-state index in [2.05, 4.69) is 10.3 Å². The van der Waals surface area contributed by atoms with E-state index in [0.29, 0.717) is 24.5 Å². The molecule has 2 N–H and O–H groups in total. The van der Waals surface area contributed by atoms with E-state index in [1.807, 2.05) is 49.5 Å². The van der Waals surface area contributed by atoms with Crippen LogP contribution in [0.4, 0.5) is 0 Å². The van der Waals surface area contributed by atoms with Crippen molar-refractivity contribution in [2.75, 3.05) is 14.2 Å². The van der Waals surface area contributed by atoms with Crippen molar-refractivity contribution in [2.24, 2.45) is 0 Å². The minimum absolute atomic E-state index is 0.0149. The van der Waals surface area contributed by atoms with Crippen molar-refractivity contribution in [3.63, 3.8) is 0 Å². The fourth-order valence-electron chi connectivity index (χ4n) is 2.92. The van der Waals surface area contributed by atoms with Crippen molar-refractivity contribution >= 4 is 16.8 Å². The van der Waals surface area contributed by atoms with Gasteiger partial charge < -0.3 is 19.8 Å². The van der Waals surface area contributed by atoms with Crippen LogP contribution in [0.25, 0.3) is 10.9 Å². The number of ether oxygens (including phenoxy) is 2. The summed E-state index contributed by atoms with van der Waals surface area (Å²) in [5.74, 6) is 1.33. The fourth-order valence-corrected chi connectivity index (χ4v) is 2.92. The molecule has 0 aliphatic heterocycles. The molecule has 25 heavy (non-hydrogen) atoms. The van der Waals surface area contributed by atoms with Crippen LogP contribution in [0.5, 0.6) is 11.5 Å². The zero-order valence-electron chi connectivity index (χ0n) is 14.7. The SMILES string of the molecule is COc1cc(C)c(CNC(=O)Cc2c[nH]c3ccccc23)cc1OC. The number of aryl methyl sites for hydroxylation is 1. The van der Waals surface area contributed by atoms with Gasteiger partial charge in [0.1, 0.15) is 0 Å². The number of nitrogens with one attached hydrogen (secondary N) is 2. The molecular formula is C20H22N2O3. The van der Waals surface area contributed by atoms with Crippen LogP contribution >= 0.6 is 0 Å². The summed E-state index contributed by atoms with van der Waals surface area (Å²) in [6.07, 6.45) is 2.24. The molecule has 0 radical (unpaired) electrons. The highest BCUT2D eigenvalue weighted by molar-refractivity contribution is 5.88. The van der Waals surface area contributed by atoms with Crippen LogP contribution in [0, 0.1) is 6.92 Å². The Morgan fingerprint density at radius 3 is 2.56 bits per heavy atom. The summed E-state index contributed by atoms with van der Waals surface area (Å²) in [4.78, 5) is 15.5. The summed E-state index contributed by atoms with van der Waals surface area (Å²) in [5.41, 5.74) is 4.09. The largest absolute Gasteiger partial charge is 0.493 e. The van der Waals surface area contributed by atoms with Crippen LogP contribution < -0.4 is 14.8 Å². The van der Waals surface area contributed by atoms with E-state index in [1.165, 1.54) is 0 Å². The Hall–Kier alpha value is -2.95. The molecule has 3 aromatic rings. The third-order valence-corrected chi connectivity index (χ3v) is 4.34. The molecule has 0 aliphatic rings. The number of benzene rings is 2. The molecule has 1 aromatic heterocycles. The molecule has 0 atom stereocenters.